The van der Waals surface area contributed by atoms with E-state index in [0.717, 1.165) is 5.56 Å². The highest BCUT2D eigenvalue weighted by molar-refractivity contribution is 8.00. The third-order valence-corrected chi connectivity index (χ3v) is 4.82. The molecule has 0 heterocycles. The molecule has 0 radical (unpaired) electrons. The van der Waals surface area contributed by atoms with Gasteiger partial charge in [0.1, 0.15) is 5.25 Å². The van der Waals surface area contributed by atoms with E-state index in [2.05, 4.69) is 5.32 Å². The predicted octanol–water partition coefficient (Wildman–Crippen LogP) is 2.37. The standard InChI is InChI=1S/C19H20N2O4S/c1-12(19(24)25-2)26-16-6-4-3-5-15(16)18(23)21-11-13-7-9-14(10-8-13)17(20)22/h3-10,12H,11H2,1-2H3,(H2,20,22)(H,21,23)/t12-/m0/s1. The highest BCUT2D eigenvalue weighted by Crippen LogP contribution is 2.27. The average molecular weight is 372 g/mol. The first kappa shape index (κ1) is 19.5. The molecule has 0 aliphatic heterocycles. The van der Waals surface area contributed by atoms with Crippen molar-refractivity contribution in [1.82, 2.24) is 5.32 Å². The summed E-state index contributed by atoms with van der Waals surface area (Å²) >= 11 is 1.27. The minimum Gasteiger partial charge on any atom is -0.468 e. The molecule has 0 aliphatic carbocycles. The number of hydrogen-bond donors (Lipinski definition) is 2. The van der Waals surface area contributed by atoms with Gasteiger partial charge in [0.15, 0.2) is 0 Å². The molecular weight excluding hydrogens is 352 g/mol. The first-order valence-electron chi connectivity index (χ1n) is 7.93. The van der Waals surface area contributed by atoms with Crippen LogP contribution in [0.3, 0.4) is 0 Å². The number of thioether (sulfide) groups is 1. The number of hydrogen-bond acceptors (Lipinski definition) is 5. The maximum Gasteiger partial charge on any atom is 0.318 e. The van der Waals surface area contributed by atoms with Crippen LogP contribution in [0.5, 0.6) is 0 Å². The lowest BCUT2D eigenvalue weighted by Crippen LogP contribution is -2.24. The van der Waals surface area contributed by atoms with Crippen molar-refractivity contribution in [3.63, 3.8) is 0 Å². The molecular formula is C19H20N2O4S. The summed E-state index contributed by atoms with van der Waals surface area (Å²) in [4.78, 5) is 35.9. The molecule has 3 N–H and O–H groups in total. The largest absolute Gasteiger partial charge is 0.468 e. The zero-order valence-electron chi connectivity index (χ0n) is 14.5. The summed E-state index contributed by atoms with van der Waals surface area (Å²) in [6.45, 7) is 2.04. The van der Waals surface area contributed by atoms with Gasteiger partial charge in [-0.1, -0.05) is 24.3 Å². The Bertz CT molecular complexity index is 805. The molecule has 0 aromatic heterocycles. The number of primary amides is 1. The van der Waals surface area contributed by atoms with Crippen molar-refractivity contribution in [3.05, 3.63) is 65.2 Å². The van der Waals surface area contributed by atoms with Gasteiger partial charge in [0.2, 0.25) is 5.91 Å². The topological polar surface area (TPSA) is 98.5 Å². The molecule has 2 aromatic carbocycles. The molecule has 0 aliphatic rings. The van der Waals surface area contributed by atoms with Gasteiger partial charge in [-0.05, 0) is 36.8 Å². The minimum atomic E-state index is -0.494. The van der Waals surface area contributed by atoms with Crippen LogP contribution in [0.25, 0.3) is 0 Å². The Morgan fingerprint density at radius 3 is 2.38 bits per heavy atom. The lowest BCUT2D eigenvalue weighted by molar-refractivity contribution is -0.139. The fourth-order valence-corrected chi connectivity index (χ4v) is 3.24. The molecule has 26 heavy (non-hydrogen) atoms. The minimum absolute atomic E-state index is 0.246. The number of carbonyl (C=O) groups is 3. The summed E-state index contributed by atoms with van der Waals surface area (Å²) in [6, 6.07) is 13.8. The number of nitrogens with two attached hydrogens (primary N) is 1. The quantitative estimate of drug-likeness (QED) is 0.574. The van der Waals surface area contributed by atoms with Crippen LogP contribution >= 0.6 is 11.8 Å². The number of ether oxygens (including phenoxy) is 1. The van der Waals surface area contributed by atoms with Crippen LogP contribution in [0.15, 0.2) is 53.4 Å². The van der Waals surface area contributed by atoms with Crippen LogP contribution in [0.2, 0.25) is 0 Å². The van der Waals surface area contributed by atoms with E-state index in [9.17, 15) is 14.4 Å². The third kappa shape index (κ3) is 5.10. The molecule has 0 unspecified atom stereocenters. The zero-order valence-corrected chi connectivity index (χ0v) is 15.3. The first-order valence-corrected chi connectivity index (χ1v) is 8.80. The smallest absolute Gasteiger partial charge is 0.318 e. The molecule has 1 atom stereocenters. The molecule has 0 spiro atoms. The van der Waals surface area contributed by atoms with E-state index in [0.29, 0.717) is 22.6 Å². The van der Waals surface area contributed by atoms with Gasteiger partial charge in [-0.3, -0.25) is 14.4 Å². The summed E-state index contributed by atoms with van der Waals surface area (Å²) in [5.41, 5.74) is 6.95. The SMILES string of the molecule is COC(=O)[C@H](C)Sc1ccccc1C(=O)NCc1ccc(C(N)=O)cc1. The fraction of sp³-hybridized carbons (Fsp3) is 0.211. The summed E-state index contributed by atoms with van der Waals surface area (Å²) in [5.74, 6) is -1.09. The number of benzene rings is 2. The second-order valence-electron chi connectivity index (χ2n) is 5.52. The third-order valence-electron chi connectivity index (χ3n) is 3.66. The Morgan fingerprint density at radius 2 is 1.77 bits per heavy atom. The van der Waals surface area contributed by atoms with Crippen LogP contribution in [-0.4, -0.2) is 30.1 Å². The molecule has 0 bridgehead atoms. The summed E-state index contributed by atoms with van der Waals surface area (Å²) in [6.07, 6.45) is 0. The van der Waals surface area contributed by atoms with Crippen molar-refractivity contribution in [3.8, 4) is 0 Å². The Balaban J connectivity index is 2.05. The maximum absolute atomic E-state index is 12.5. The highest BCUT2D eigenvalue weighted by atomic mass is 32.2. The van der Waals surface area contributed by atoms with Gasteiger partial charge < -0.3 is 15.8 Å². The molecule has 0 saturated heterocycles. The van der Waals surface area contributed by atoms with Gasteiger partial charge in [0.05, 0.1) is 12.7 Å². The predicted molar refractivity (Wildman–Crippen MR) is 99.9 cm³/mol. The molecule has 2 rings (SSSR count). The van der Waals surface area contributed by atoms with Gasteiger partial charge in [0.25, 0.3) is 5.91 Å². The van der Waals surface area contributed by atoms with Crippen LogP contribution in [0.4, 0.5) is 0 Å². The number of amides is 2. The second-order valence-corrected chi connectivity index (χ2v) is 6.91. The average Bonchev–Trinajstić information content (AvgIpc) is 2.66. The zero-order chi connectivity index (χ0) is 19.1. The van der Waals surface area contributed by atoms with E-state index in [1.807, 2.05) is 6.07 Å². The highest BCUT2D eigenvalue weighted by Gasteiger charge is 2.18. The number of esters is 1. The van der Waals surface area contributed by atoms with E-state index in [1.54, 1.807) is 49.4 Å². The number of nitrogens with one attached hydrogen (secondary N) is 1. The molecule has 0 saturated carbocycles. The normalized spacial score (nSPS) is 11.5. The van der Waals surface area contributed by atoms with E-state index in [4.69, 9.17) is 10.5 Å². The van der Waals surface area contributed by atoms with Crippen LogP contribution in [0.1, 0.15) is 33.2 Å². The van der Waals surface area contributed by atoms with E-state index in [-0.39, 0.29) is 11.9 Å². The van der Waals surface area contributed by atoms with Crippen molar-refractivity contribution in [1.29, 1.82) is 0 Å². The summed E-state index contributed by atoms with van der Waals surface area (Å²) < 4.78 is 4.72. The molecule has 136 valence electrons. The summed E-state index contributed by atoms with van der Waals surface area (Å²) in [7, 11) is 1.33. The van der Waals surface area contributed by atoms with E-state index < -0.39 is 11.2 Å². The number of methoxy groups -OCH3 is 1. The maximum atomic E-state index is 12.5. The molecule has 2 aromatic rings. The Hall–Kier alpha value is -2.80. The Kier molecular flexibility index (Phi) is 6.80. The van der Waals surface area contributed by atoms with Gasteiger partial charge in [-0.25, -0.2) is 0 Å². The Labute approximate surface area is 156 Å². The first-order chi connectivity index (χ1) is 12.4. The molecule has 0 fully saturated rings. The van der Waals surface area contributed by atoms with Gasteiger partial charge in [-0.15, -0.1) is 11.8 Å². The van der Waals surface area contributed by atoms with E-state index >= 15 is 0 Å². The number of rotatable bonds is 7. The number of carbonyl (C=O) groups excluding carboxylic acids is 3. The van der Waals surface area contributed by atoms with Crippen molar-refractivity contribution >= 4 is 29.5 Å². The van der Waals surface area contributed by atoms with Gasteiger partial charge in [-0.2, -0.15) is 0 Å². The lowest BCUT2D eigenvalue weighted by atomic mass is 10.1. The van der Waals surface area contributed by atoms with E-state index in [1.165, 1.54) is 18.9 Å². The van der Waals surface area contributed by atoms with Crippen molar-refractivity contribution in [2.24, 2.45) is 5.73 Å². The van der Waals surface area contributed by atoms with Gasteiger partial charge >= 0.3 is 5.97 Å². The van der Waals surface area contributed by atoms with Crippen LogP contribution in [0, 0.1) is 0 Å². The lowest BCUT2D eigenvalue weighted by Gasteiger charge is -2.13. The van der Waals surface area contributed by atoms with Crippen LogP contribution in [-0.2, 0) is 16.1 Å². The van der Waals surface area contributed by atoms with Crippen molar-refractivity contribution in [2.45, 2.75) is 23.6 Å². The second kappa shape index (κ2) is 9.05. The molecule has 6 nitrogen and oxygen atoms in total. The van der Waals surface area contributed by atoms with Crippen LogP contribution < -0.4 is 11.1 Å². The molecule has 2 amide bonds. The van der Waals surface area contributed by atoms with Crippen molar-refractivity contribution in [2.75, 3.05) is 7.11 Å². The van der Waals surface area contributed by atoms with Gasteiger partial charge in [0, 0.05) is 17.0 Å². The fourth-order valence-electron chi connectivity index (χ4n) is 2.23. The summed E-state index contributed by atoms with van der Waals surface area (Å²) in [5, 5.41) is 2.42. The van der Waals surface area contributed by atoms with Crippen molar-refractivity contribution < 1.29 is 19.1 Å². The monoisotopic (exact) mass is 372 g/mol. The molecule has 7 heteroatoms. The Morgan fingerprint density at radius 1 is 1.12 bits per heavy atom.